The van der Waals surface area contributed by atoms with Crippen molar-refractivity contribution in [3.8, 4) is 22.3 Å². The van der Waals surface area contributed by atoms with Gasteiger partial charge in [0.05, 0.1) is 18.8 Å². The lowest BCUT2D eigenvalue weighted by molar-refractivity contribution is -0.138. The van der Waals surface area contributed by atoms with Gasteiger partial charge in [-0.25, -0.2) is 37.1 Å². The second kappa shape index (κ2) is 23.4. The summed E-state index contributed by atoms with van der Waals surface area (Å²) in [5, 5.41) is -0.0840. The van der Waals surface area contributed by atoms with Crippen molar-refractivity contribution in [2.24, 2.45) is 0 Å². The summed E-state index contributed by atoms with van der Waals surface area (Å²) in [4.78, 5) is 40.0. The normalized spacial score (nSPS) is 11.6. The average molecular weight is 818 g/mol. The molecular weight excluding hydrogens is 786 g/mol. The Kier molecular flexibility index (Phi) is 19.8. The number of ether oxygens (including phenoxy) is 3. The molecule has 5 rings (SSSR count). The van der Waals surface area contributed by atoms with Gasteiger partial charge in [0.15, 0.2) is 6.29 Å². The van der Waals surface area contributed by atoms with E-state index in [-0.39, 0.29) is 66.6 Å². The van der Waals surface area contributed by atoms with Crippen molar-refractivity contribution in [1.82, 2.24) is 9.97 Å². The molecule has 1 aliphatic rings. The quantitative estimate of drug-likeness (QED) is 0.0569. The molecular formula is C37H32Cl4F4N2O6. The van der Waals surface area contributed by atoms with E-state index in [0.29, 0.717) is 19.0 Å². The van der Waals surface area contributed by atoms with Gasteiger partial charge >= 0.3 is 11.9 Å². The van der Waals surface area contributed by atoms with Crippen molar-refractivity contribution in [3.63, 3.8) is 0 Å². The first kappa shape index (κ1) is 44.8. The molecule has 1 saturated heterocycles. The van der Waals surface area contributed by atoms with Gasteiger partial charge in [-0.05, 0) is 74.7 Å². The molecule has 0 atom stereocenters. The Labute approximate surface area is 323 Å². The smallest absolute Gasteiger partial charge is 0.330 e. The second-order valence-corrected chi connectivity index (χ2v) is 11.6. The Morgan fingerprint density at radius 2 is 1.19 bits per heavy atom. The molecule has 16 heteroatoms. The van der Waals surface area contributed by atoms with Gasteiger partial charge in [-0.3, -0.25) is 4.79 Å². The Morgan fingerprint density at radius 3 is 1.57 bits per heavy atom. The summed E-state index contributed by atoms with van der Waals surface area (Å²) in [6.45, 7) is 9.26. The molecule has 1 aliphatic heterocycles. The molecule has 0 bridgehead atoms. The maximum atomic E-state index is 14.0. The first-order chi connectivity index (χ1) is 25.3. The second-order valence-electron chi connectivity index (χ2n) is 10.1. The van der Waals surface area contributed by atoms with E-state index < -0.39 is 29.2 Å². The molecule has 4 aromatic rings. The predicted molar refractivity (Wildman–Crippen MR) is 197 cm³/mol. The number of nitrogens with zero attached hydrogens (tertiary/aromatic N) is 2. The van der Waals surface area contributed by atoms with Crippen LogP contribution in [0.25, 0.3) is 28.3 Å². The molecule has 3 heterocycles. The zero-order valence-electron chi connectivity index (χ0n) is 28.2. The largest absolute Gasteiger partial charge is 0.463 e. The van der Waals surface area contributed by atoms with Gasteiger partial charge < -0.3 is 14.2 Å². The van der Waals surface area contributed by atoms with Crippen LogP contribution in [0.2, 0.25) is 20.6 Å². The SMILES string of the molecule is C1CCOC1.C=CC(=O)OCC.CCOC(=O)/C=C/c1c(-c2ccc(F)cc2F)cc(Cl)nc1Cl.O=Cc1c(-c2ccc(F)cc2F)cc(Cl)nc1Cl. The van der Waals surface area contributed by atoms with E-state index in [2.05, 4.69) is 21.3 Å². The number of pyridine rings is 2. The lowest BCUT2D eigenvalue weighted by atomic mass is 10.0. The van der Waals surface area contributed by atoms with Crippen molar-refractivity contribution < 1.29 is 46.2 Å². The molecule has 282 valence electrons. The zero-order valence-corrected chi connectivity index (χ0v) is 31.3. The summed E-state index contributed by atoms with van der Waals surface area (Å²) in [6, 6.07) is 8.80. The lowest BCUT2D eigenvalue weighted by Gasteiger charge is -2.10. The zero-order chi connectivity index (χ0) is 39.5. The maximum Gasteiger partial charge on any atom is 0.330 e. The van der Waals surface area contributed by atoms with E-state index >= 15 is 0 Å². The minimum atomic E-state index is -0.809. The number of rotatable bonds is 8. The molecule has 8 nitrogen and oxygen atoms in total. The van der Waals surface area contributed by atoms with Crippen LogP contribution in [0.5, 0.6) is 0 Å². The summed E-state index contributed by atoms with van der Waals surface area (Å²) in [5.41, 5.74) is 0.854. The number of carbonyl (C=O) groups is 3. The highest BCUT2D eigenvalue weighted by Gasteiger charge is 2.16. The van der Waals surface area contributed by atoms with Crippen LogP contribution < -0.4 is 0 Å². The van der Waals surface area contributed by atoms with Gasteiger partial charge in [0.2, 0.25) is 0 Å². The van der Waals surface area contributed by atoms with Gasteiger partial charge in [0, 0.05) is 59.8 Å². The first-order valence-corrected chi connectivity index (χ1v) is 17.1. The molecule has 0 saturated carbocycles. The number of benzene rings is 2. The van der Waals surface area contributed by atoms with Crippen LogP contribution in [-0.4, -0.2) is 54.6 Å². The molecule has 0 aliphatic carbocycles. The molecule has 0 radical (unpaired) electrons. The van der Waals surface area contributed by atoms with Crippen LogP contribution in [0.3, 0.4) is 0 Å². The van der Waals surface area contributed by atoms with E-state index in [1.165, 1.54) is 43.2 Å². The van der Waals surface area contributed by atoms with Gasteiger partial charge in [-0.15, -0.1) is 0 Å². The highest BCUT2D eigenvalue weighted by atomic mass is 35.5. The minimum absolute atomic E-state index is 0.00609. The van der Waals surface area contributed by atoms with Crippen molar-refractivity contribution in [3.05, 3.63) is 122 Å². The Hall–Kier alpha value is -4.33. The van der Waals surface area contributed by atoms with E-state index in [1.54, 1.807) is 13.8 Å². The Balaban J connectivity index is 0.000000284. The number of aromatic nitrogens is 2. The topological polar surface area (TPSA) is 105 Å². The summed E-state index contributed by atoms with van der Waals surface area (Å²) in [5.74, 6) is -3.95. The number of carbonyl (C=O) groups excluding carboxylic acids is 3. The first-order valence-electron chi connectivity index (χ1n) is 15.6. The van der Waals surface area contributed by atoms with E-state index in [4.69, 9.17) is 55.9 Å². The van der Waals surface area contributed by atoms with Crippen LogP contribution in [0.4, 0.5) is 17.6 Å². The maximum absolute atomic E-state index is 14.0. The summed E-state index contributed by atoms with van der Waals surface area (Å²) in [7, 11) is 0. The number of aldehydes is 1. The van der Waals surface area contributed by atoms with E-state index in [0.717, 1.165) is 43.6 Å². The minimum Gasteiger partial charge on any atom is -0.463 e. The summed E-state index contributed by atoms with van der Waals surface area (Å²) >= 11 is 23.3. The lowest BCUT2D eigenvalue weighted by Crippen LogP contribution is -1.99. The number of esters is 2. The molecule has 2 aromatic heterocycles. The van der Waals surface area contributed by atoms with Crippen LogP contribution in [0.15, 0.2) is 67.3 Å². The summed E-state index contributed by atoms with van der Waals surface area (Å²) < 4.78 is 67.8. The third kappa shape index (κ3) is 14.9. The summed E-state index contributed by atoms with van der Waals surface area (Å²) in [6.07, 6.45) is 6.64. The molecule has 0 amide bonds. The van der Waals surface area contributed by atoms with Gasteiger partial charge in [0.1, 0.15) is 43.9 Å². The number of hydrogen-bond donors (Lipinski definition) is 0. The fourth-order valence-electron chi connectivity index (χ4n) is 4.17. The molecule has 2 aromatic carbocycles. The van der Waals surface area contributed by atoms with Crippen molar-refractivity contribution in [2.75, 3.05) is 26.4 Å². The highest BCUT2D eigenvalue weighted by molar-refractivity contribution is 6.35. The van der Waals surface area contributed by atoms with Crippen LogP contribution in [0.1, 0.15) is 42.6 Å². The third-order valence-corrected chi connectivity index (χ3v) is 7.44. The van der Waals surface area contributed by atoms with Crippen molar-refractivity contribution in [2.45, 2.75) is 26.7 Å². The number of halogens is 8. The van der Waals surface area contributed by atoms with Crippen LogP contribution >= 0.6 is 46.4 Å². The fourth-order valence-corrected chi connectivity index (χ4v) is 5.14. The molecule has 0 spiro atoms. The van der Waals surface area contributed by atoms with Crippen LogP contribution in [0, 0.1) is 23.3 Å². The Morgan fingerprint density at radius 1 is 0.736 bits per heavy atom. The third-order valence-electron chi connectivity index (χ3n) is 6.48. The van der Waals surface area contributed by atoms with Crippen LogP contribution in [-0.2, 0) is 23.8 Å². The van der Waals surface area contributed by atoms with Crippen molar-refractivity contribution in [1.29, 1.82) is 0 Å². The van der Waals surface area contributed by atoms with Gasteiger partial charge in [0.25, 0.3) is 0 Å². The van der Waals surface area contributed by atoms with Gasteiger partial charge in [-0.1, -0.05) is 53.0 Å². The molecule has 0 unspecified atom stereocenters. The monoisotopic (exact) mass is 816 g/mol. The van der Waals surface area contributed by atoms with Gasteiger partial charge in [-0.2, -0.15) is 0 Å². The molecule has 0 N–H and O–H groups in total. The van der Waals surface area contributed by atoms with E-state index in [9.17, 15) is 31.9 Å². The number of hydrogen-bond acceptors (Lipinski definition) is 8. The predicted octanol–water partition coefficient (Wildman–Crippen LogP) is 10.6. The standard InChI is InChI=1S/C16H11Cl2F2NO2.C12H5Cl2F2NO.C5H8O2.C4H8O/c1-2-23-15(22)6-5-11-12(8-14(17)21-16(11)18)10-4-3-9(19)7-13(10)20;13-11-4-8(9(5-18)12(14)17-11)7-2-1-6(15)3-10(7)16;1-3-5(6)7-4-2;1-2-4-5-3-1/h3-8H,2H2,1H3;1-5H;3H,1,4H2,2H3;1-4H2/b6-5+;;;. The average Bonchev–Trinajstić information content (AvgIpc) is 3.69. The fraction of sp³-hybridized carbons (Fsp3) is 0.216. The molecule has 1 fully saturated rings. The molecule has 53 heavy (non-hydrogen) atoms. The highest BCUT2D eigenvalue weighted by Crippen LogP contribution is 2.34. The Bertz CT molecular complexity index is 1920. The van der Waals surface area contributed by atoms with Crippen molar-refractivity contribution >= 4 is 70.7 Å². The van der Waals surface area contributed by atoms with E-state index in [1.807, 2.05) is 0 Å².